The van der Waals surface area contributed by atoms with Crippen LogP contribution < -0.4 is 4.74 Å². The van der Waals surface area contributed by atoms with E-state index in [2.05, 4.69) is 0 Å². The summed E-state index contributed by atoms with van der Waals surface area (Å²) >= 11 is 0. The Morgan fingerprint density at radius 3 is 2.57 bits per heavy atom. The largest absolute Gasteiger partial charge is 0.479 e. The van der Waals surface area contributed by atoms with Gasteiger partial charge in [-0.25, -0.2) is 4.79 Å². The predicted octanol–water partition coefficient (Wildman–Crippen LogP) is 2.02. The highest BCUT2D eigenvalue weighted by atomic mass is 16.6. The molecule has 0 aliphatic heterocycles. The Morgan fingerprint density at radius 1 is 1.36 bits per heavy atom. The van der Waals surface area contributed by atoms with Gasteiger partial charge in [-0.05, 0) is 26.0 Å². The van der Waals surface area contributed by atoms with E-state index in [-0.39, 0.29) is 5.97 Å². The molecule has 1 aromatic rings. The van der Waals surface area contributed by atoms with Gasteiger partial charge in [0.1, 0.15) is 5.75 Å². The number of carbonyl (C=O) groups is 1. The van der Waals surface area contributed by atoms with Crippen LogP contribution in [0.2, 0.25) is 0 Å². The summed E-state index contributed by atoms with van der Waals surface area (Å²) in [5.41, 5.74) is 0. The molecule has 3 nitrogen and oxygen atoms in total. The summed E-state index contributed by atoms with van der Waals surface area (Å²) in [7, 11) is 0. The van der Waals surface area contributed by atoms with Crippen molar-refractivity contribution in [2.45, 2.75) is 20.0 Å². The van der Waals surface area contributed by atoms with Gasteiger partial charge in [0.05, 0.1) is 6.61 Å². The van der Waals surface area contributed by atoms with E-state index in [0.717, 1.165) is 0 Å². The molecule has 0 spiro atoms. The zero-order chi connectivity index (χ0) is 10.4. The molecule has 0 aliphatic rings. The Bertz CT molecular complexity index is 282. The summed E-state index contributed by atoms with van der Waals surface area (Å²) in [6.07, 6.45) is -0.558. The van der Waals surface area contributed by atoms with Crippen LogP contribution in [-0.4, -0.2) is 18.7 Å². The minimum Gasteiger partial charge on any atom is -0.479 e. The van der Waals surface area contributed by atoms with Gasteiger partial charge in [0.25, 0.3) is 0 Å². The molecule has 14 heavy (non-hydrogen) atoms. The van der Waals surface area contributed by atoms with Gasteiger partial charge in [0.15, 0.2) is 6.10 Å². The van der Waals surface area contributed by atoms with Crippen LogP contribution in [0.15, 0.2) is 30.3 Å². The number of benzene rings is 1. The second-order valence-corrected chi connectivity index (χ2v) is 2.83. The third-order valence-corrected chi connectivity index (χ3v) is 1.67. The molecular weight excluding hydrogens is 180 g/mol. The highest BCUT2D eigenvalue weighted by Gasteiger charge is 2.14. The first-order valence-electron chi connectivity index (χ1n) is 4.62. The van der Waals surface area contributed by atoms with Crippen molar-refractivity contribution in [1.29, 1.82) is 0 Å². The molecule has 0 aliphatic carbocycles. The Kier molecular flexibility index (Phi) is 3.98. The van der Waals surface area contributed by atoms with Gasteiger partial charge in [-0.2, -0.15) is 0 Å². The number of rotatable bonds is 4. The molecule has 0 N–H and O–H groups in total. The smallest absolute Gasteiger partial charge is 0.347 e. The summed E-state index contributed by atoms with van der Waals surface area (Å²) in [6.45, 7) is 3.82. The highest BCUT2D eigenvalue weighted by Crippen LogP contribution is 2.11. The molecule has 1 atom stereocenters. The highest BCUT2D eigenvalue weighted by molar-refractivity contribution is 5.74. The molecule has 0 aromatic heterocycles. The van der Waals surface area contributed by atoms with Crippen molar-refractivity contribution >= 4 is 5.97 Å². The SMILES string of the molecule is CCOC(=O)[C@H](C)Oc1ccccc1. The molecular formula is C11H14O3. The normalized spacial score (nSPS) is 11.9. The monoisotopic (exact) mass is 194 g/mol. The van der Waals surface area contributed by atoms with Gasteiger partial charge in [-0.1, -0.05) is 18.2 Å². The minimum absolute atomic E-state index is 0.337. The fraction of sp³-hybridized carbons (Fsp3) is 0.364. The lowest BCUT2D eigenvalue weighted by atomic mass is 10.3. The third-order valence-electron chi connectivity index (χ3n) is 1.67. The molecule has 0 heterocycles. The van der Waals surface area contributed by atoms with E-state index in [1.165, 1.54) is 0 Å². The maximum absolute atomic E-state index is 11.2. The van der Waals surface area contributed by atoms with Crippen molar-refractivity contribution in [2.75, 3.05) is 6.61 Å². The van der Waals surface area contributed by atoms with Gasteiger partial charge in [-0.15, -0.1) is 0 Å². The van der Waals surface area contributed by atoms with Crippen LogP contribution in [0.3, 0.4) is 0 Å². The van der Waals surface area contributed by atoms with Gasteiger partial charge >= 0.3 is 5.97 Å². The van der Waals surface area contributed by atoms with E-state index in [1.54, 1.807) is 26.0 Å². The number of carbonyl (C=O) groups excluding carboxylic acids is 1. The number of ether oxygens (including phenoxy) is 2. The second-order valence-electron chi connectivity index (χ2n) is 2.83. The zero-order valence-corrected chi connectivity index (χ0v) is 8.40. The lowest BCUT2D eigenvalue weighted by Crippen LogP contribution is -2.25. The molecule has 0 fully saturated rings. The van der Waals surface area contributed by atoms with Crippen molar-refractivity contribution in [2.24, 2.45) is 0 Å². The van der Waals surface area contributed by atoms with E-state index in [4.69, 9.17) is 9.47 Å². The van der Waals surface area contributed by atoms with Crippen LogP contribution in [0.1, 0.15) is 13.8 Å². The molecule has 0 bridgehead atoms. The Labute approximate surface area is 83.6 Å². The van der Waals surface area contributed by atoms with Gasteiger partial charge in [-0.3, -0.25) is 0 Å². The first kappa shape index (κ1) is 10.6. The van der Waals surface area contributed by atoms with Crippen LogP contribution in [-0.2, 0) is 9.53 Å². The summed E-state index contributed by atoms with van der Waals surface area (Å²) in [6, 6.07) is 9.20. The molecule has 0 unspecified atom stereocenters. The van der Waals surface area contributed by atoms with Crippen molar-refractivity contribution < 1.29 is 14.3 Å². The summed E-state index contributed by atoms with van der Waals surface area (Å²) in [5, 5.41) is 0. The summed E-state index contributed by atoms with van der Waals surface area (Å²) < 4.78 is 10.2. The standard InChI is InChI=1S/C11H14O3/c1-3-13-11(12)9(2)14-10-7-5-4-6-8-10/h4-9H,3H2,1-2H3/t9-/m0/s1. The molecule has 0 amide bonds. The first-order chi connectivity index (χ1) is 6.74. The number of hydrogen-bond donors (Lipinski definition) is 0. The average Bonchev–Trinajstić information content (AvgIpc) is 2.19. The predicted molar refractivity (Wildman–Crippen MR) is 53.2 cm³/mol. The summed E-state index contributed by atoms with van der Waals surface area (Å²) in [4.78, 5) is 11.2. The van der Waals surface area contributed by atoms with Crippen molar-refractivity contribution in [3.8, 4) is 5.75 Å². The number of esters is 1. The van der Waals surface area contributed by atoms with Crippen LogP contribution in [0, 0.1) is 0 Å². The topological polar surface area (TPSA) is 35.5 Å². The summed E-state index contributed by atoms with van der Waals surface area (Å²) in [5.74, 6) is 0.337. The molecule has 3 heteroatoms. The van der Waals surface area contributed by atoms with Gasteiger partial charge < -0.3 is 9.47 Å². The van der Waals surface area contributed by atoms with Crippen LogP contribution >= 0.6 is 0 Å². The van der Waals surface area contributed by atoms with E-state index >= 15 is 0 Å². The van der Waals surface area contributed by atoms with Gasteiger partial charge in [0, 0.05) is 0 Å². The zero-order valence-electron chi connectivity index (χ0n) is 8.40. The maximum Gasteiger partial charge on any atom is 0.347 e. The maximum atomic E-state index is 11.2. The van der Waals surface area contributed by atoms with E-state index in [0.29, 0.717) is 12.4 Å². The van der Waals surface area contributed by atoms with Crippen molar-refractivity contribution in [3.63, 3.8) is 0 Å². The number of hydrogen-bond acceptors (Lipinski definition) is 3. The lowest BCUT2D eigenvalue weighted by molar-refractivity contribution is -0.150. The molecule has 1 rings (SSSR count). The molecule has 76 valence electrons. The van der Waals surface area contributed by atoms with E-state index < -0.39 is 6.10 Å². The Balaban J connectivity index is 2.49. The second kappa shape index (κ2) is 5.27. The van der Waals surface area contributed by atoms with Crippen LogP contribution in [0.25, 0.3) is 0 Å². The van der Waals surface area contributed by atoms with Crippen LogP contribution in [0.5, 0.6) is 5.75 Å². The van der Waals surface area contributed by atoms with Crippen molar-refractivity contribution in [1.82, 2.24) is 0 Å². The van der Waals surface area contributed by atoms with Crippen LogP contribution in [0.4, 0.5) is 0 Å². The van der Waals surface area contributed by atoms with Crippen molar-refractivity contribution in [3.05, 3.63) is 30.3 Å². The quantitative estimate of drug-likeness (QED) is 0.688. The minimum atomic E-state index is -0.558. The molecule has 0 saturated heterocycles. The Morgan fingerprint density at radius 2 is 2.00 bits per heavy atom. The third kappa shape index (κ3) is 3.09. The molecule has 0 saturated carbocycles. The Hall–Kier alpha value is -1.51. The first-order valence-corrected chi connectivity index (χ1v) is 4.62. The average molecular weight is 194 g/mol. The molecule has 0 radical (unpaired) electrons. The lowest BCUT2D eigenvalue weighted by Gasteiger charge is -2.12. The van der Waals surface area contributed by atoms with E-state index in [1.807, 2.05) is 18.2 Å². The molecule has 1 aromatic carbocycles. The van der Waals surface area contributed by atoms with E-state index in [9.17, 15) is 4.79 Å². The van der Waals surface area contributed by atoms with Gasteiger partial charge in [0.2, 0.25) is 0 Å². The fourth-order valence-corrected chi connectivity index (χ4v) is 1.01. The number of para-hydroxylation sites is 1. The fourth-order valence-electron chi connectivity index (χ4n) is 1.01.